The molecule has 7 heteroatoms. The normalized spacial score (nSPS) is 12.7. The van der Waals surface area contributed by atoms with Crippen molar-refractivity contribution in [3.8, 4) is 11.1 Å². The molecule has 0 aliphatic heterocycles. The molecule has 2 N–H and O–H groups in total. The highest BCUT2D eigenvalue weighted by Gasteiger charge is 2.23. The van der Waals surface area contributed by atoms with Crippen molar-refractivity contribution in [1.82, 2.24) is 0 Å². The van der Waals surface area contributed by atoms with E-state index >= 15 is 0 Å². The maximum atomic E-state index is 12.6. The highest BCUT2D eigenvalue weighted by Crippen LogP contribution is 2.37. The number of carbonyl (C=O) groups excluding carboxylic acids is 2. The molecule has 154 valence electrons. The van der Waals surface area contributed by atoms with Gasteiger partial charge in [0, 0.05) is 21.7 Å². The van der Waals surface area contributed by atoms with Crippen LogP contribution >= 0.6 is 22.9 Å². The number of hydrogen-bond acceptors (Lipinski definition) is 4. The van der Waals surface area contributed by atoms with Gasteiger partial charge in [0.1, 0.15) is 10.6 Å². The molecule has 0 spiro atoms. The average Bonchev–Trinajstić information content (AvgIpc) is 3.16. The summed E-state index contributed by atoms with van der Waals surface area (Å²) >= 11 is 7.26. The van der Waals surface area contributed by atoms with Gasteiger partial charge in [-0.3, -0.25) is 5.32 Å². The lowest BCUT2D eigenvalue weighted by atomic mass is 9.89. The minimum absolute atomic E-state index is 0.361. The molecule has 1 aliphatic rings. The summed E-state index contributed by atoms with van der Waals surface area (Å²) in [5.74, 6) is -0.484. The van der Waals surface area contributed by atoms with Gasteiger partial charge >= 0.3 is 12.0 Å². The number of anilines is 2. The fourth-order valence-corrected chi connectivity index (χ4v) is 4.84. The number of nitrogens with one attached hydrogen (secondary N) is 2. The molecular formula is C23H21ClN2O3S. The van der Waals surface area contributed by atoms with Crippen LogP contribution in [0.1, 0.15) is 34.3 Å². The number of amides is 2. The number of hydrogen-bond donors (Lipinski definition) is 2. The van der Waals surface area contributed by atoms with Crippen LogP contribution in [0.3, 0.4) is 0 Å². The molecule has 0 bridgehead atoms. The molecule has 0 fully saturated rings. The zero-order chi connectivity index (χ0) is 21.1. The number of rotatable bonds is 4. The number of benzene rings is 2. The summed E-state index contributed by atoms with van der Waals surface area (Å²) in [5.41, 5.74) is 5.34. The predicted octanol–water partition coefficient (Wildman–Crippen LogP) is 6.38. The zero-order valence-electron chi connectivity index (χ0n) is 16.5. The summed E-state index contributed by atoms with van der Waals surface area (Å²) in [5, 5.41) is 8.34. The Labute approximate surface area is 184 Å². The Morgan fingerprint density at radius 2 is 1.83 bits per heavy atom. The summed E-state index contributed by atoms with van der Waals surface area (Å²) in [6, 6.07) is 12.7. The lowest BCUT2D eigenvalue weighted by molar-refractivity contribution is 0.0603. The monoisotopic (exact) mass is 440 g/mol. The second-order valence-corrected chi connectivity index (χ2v) is 8.44. The molecule has 0 unspecified atom stereocenters. The number of carbonyl (C=O) groups is 2. The third kappa shape index (κ3) is 4.35. The van der Waals surface area contributed by atoms with Gasteiger partial charge in [-0.1, -0.05) is 35.9 Å². The van der Waals surface area contributed by atoms with Crippen LogP contribution in [0.15, 0.2) is 47.8 Å². The Kier molecular flexibility index (Phi) is 6.06. The third-order valence-electron chi connectivity index (χ3n) is 5.15. The van der Waals surface area contributed by atoms with Gasteiger partial charge in [0.25, 0.3) is 0 Å². The molecule has 2 amide bonds. The first-order chi connectivity index (χ1) is 14.5. The van der Waals surface area contributed by atoms with Crippen LogP contribution in [0.4, 0.5) is 15.5 Å². The van der Waals surface area contributed by atoms with Crippen LogP contribution in [0.25, 0.3) is 11.1 Å². The molecule has 0 radical (unpaired) electrons. The summed E-state index contributed by atoms with van der Waals surface area (Å²) in [6.07, 6.45) is 4.54. The van der Waals surface area contributed by atoms with Crippen LogP contribution in [-0.2, 0) is 17.6 Å². The molecule has 30 heavy (non-hydrogen) atoms. The Bertz CT molecular complexity index is 1110. The van der Waals surface area contributed by atoms with Crippen molar-refractivity contribution in [1.29, 1.82) is 0 Å². The van der Waals surface area contributed by atoms with E-state index in [0.717, 1.165) is 24.0 Å². The smallest absolute Gasteiger partial charge is 0.341 e. The number of methoxy groups -OCH3 is 1. The lowest BCUT2D eigenvalue weighted by Gasteiger charge is -2.16. The molecule has 4 rings (SSSR count). The van der Waals surface area contributed by atoms with E-state index in [2.05, 4.69) is 22.8 Å². The van der Waals surface area contributed by atoms with E-state index in [1.807, 2.05) is 11.4 Å². The van der Waals surface area contributed by atoms with Gasteiger partial charge in [0.15, 0.2) is 0 Å². The van der Waals surface area contributed by atoms with Crippen molar-refractivity contribution in [2.75, 3.05) is 17.7 Å². The van der Waals surface area contributed by atoms with E-state index in [1.54, 1.807) is 24.3 Å². The zero-order valence-corrected chi connectivity index (χ0v) is 18.0. The van der Waals surface area contributed by atoms with E-state index in [9.17, 15) is 9.59 Å². The van der Waals surface area contributed by atoms with E-state index in [1.165, 1.54) is 42.4 Å². The number of thiophene rings is 1. The molecule has 0 saturated heterocycles. The summed E-state index contributed by atoms with van der Waals surface area (Å²) in [7, 11) is 1.34. The highest BCUT2D eigenvalue weighted by molar-refractivity contribution is 7.15. The minimum Gasteiger partial charge on any atom is -0.465 e. The maximum absolute atomic E-state index is 12.6. The number of urea groups is 1. The SMILES string of the molecule is COC(=O)c1c(-c2ccc3c(c2)CCCC3)csc1NC(=O)Nc1cccc(Cl)c1. The van der Waals surface area contributed by atoms with Crippen LogP contribution in [0.2, 0.25) is 5.02 Å². The fraction of sp³-hybridized carbons (Fsp3) is 0.217. The molecule has 5 nitrogen and oxygen atoms in total. The average molecular weight is 441 g/mol. The Balaban J connectivity index is 1.62. The first-order valence-corrected chi connectivity index (χ1v) is 11.0. The van der Waals surface area contributed by atoms with Crippen LogP contribution in [0, 0.1) is 0 Å². The van der Waals surface area contributed by atoms with Gasteiger partial charge in [-0.2, -0.15) is 0 Å². The molecule has 1 heterocycles. The van der Waals surface area contributed by atoms with Gasteiger partial charge < -0.3 is 10.1 Å². The summed E-state index contributed by atoms with van der Waals surface area (Å²) < 4.78 is 5.00. The van der Waals surface area contributed by atoms with Crippen molar-refractivity contribution in [2.45, 2.75) is 25.7 Å². The number of ether oxygens (including phenoxy) is 1. The first-order valence-electron chi connectivity index (χ1n) is 9.70. The molecular weight excluding hydrogens is 420 g/mol. The van der Waals surface area contributed by atoms with Gasteiger partial charge in [0.05, 0.1) is 7.11 Å². The Hall–Kier alpha value is -2.83. The largest absolute Gasteiger partial charge is 0.465 e. The maximum Gasteiger partial charge on any atom is 0.341 e. The second kappa shape index (κ2) is 8.90. The van der Waals surface area contributed by atoms with Crippen molar-refractivity contribution in [2.24, 2.45) is 0 Å². The molecule has 0 saturated carbocycles. The number of halogens is 1. The van der Waals surface area contributed by atoms with Gasteiger partial charge in [0.2, 0.25) is 0 Å². The van der Waals surface area contributed by atoms with Crippen LogP contribution in [0.5, 0.6) is 0 Å². The molecule has 1 aliphatic carbocycles. The number of fused-ring (bicyclic) bond motifs is 1. The van der Waals surface area contributed by atoms with Gasteiger partial charge in [-0.15, -0.1) is 11.3 Å². The van der Waals surface area contributed by atoms with E-state index < -0.39 is 12.0 Å². The van der Waals surface area contributed by atoms with Gasteiger partial charge in [-0.25, -0.2) is 9.59 Å². The topological polar surface area (TPSA) is 67.4 Å². The first kappa shape index (κ1) is 20.4. The molecule has 3 aromatic rings. The molecule has 2 aromatic carbocycles. The number of esters is 1. The van der Waals surface area contributed by atoms with Crippen molar-refractivity contribution in [3.05, 3.63) is 69.6 Å². The van der Waals surface area contributed by atoms with Crippen molar-refractivity contribution < 1.29 is 14.3 Å². The Morgan fingerprint density at radius 1 is 1.03 bits per heavy atom. The minimum atomic E-state index is -0.484. The summed E-state index contributed by atoms with van der Waals surface area (Å²) in [6.45, 7) is 0. The van der Waals surface area contributed by atoms with Crippen LogP contribution in [-0.4, -0.2) is 19.1 Å². The highest BCUT2D eigenvalue weighted by atomic mass is 35.5. The van der Waals surface area contributed by atoms with E-state index in [0.29, 0.717) is 21.3 Å². The van der Waals surface area contributed by atoms with Crippen LogP contribution < -0.4 is 10.6 Å². The van der Waals surface area contributed by atoms with E-state index in [4.69, 9.17) is 16.3 Å². The molecule has 0 atom stereocenters. The Morgan fingerprint density at radius 3 is 2.60 bits per heavy atom. The standard InChI is InChI=1S/C23H21ClN2O3S/c1-29-22(27)20-19(16-10-9-14-5-2-3-6-15(14)11-16)13-30-21(20)26-23(28)25-18-8-4-7-17(24)12-18/h4,7-13H,2-3,5-6H2,1H3,(H2,25,26,28). The predicted molar refractivity (Wildman–Crippen MR) is 122 cm³/mol. The lowest BCUT2D eigenvalue weighted by Crippen LogP contribution is -2.20. The van der Waals surface area contributed by atoms with Crippen molar-refractivity contribution in [3.63, 3.8) is 0 Å². The third-order valence-corrected chi connectivity index (χ3v) is 6.28. The molecule has 1 aromatic heterocycles. The fourth-order valence-electron chi connectivity index (χ4n) is 3.70. The second-order valence-electron chi connectivity index (χ2n) is 7.13. The number of aryl methyl sites for hydroxylation is 2. The summed E-state index contributed by atoms with van der Waals surface area (Å²) in [4.78, 5) is 25.0. The van der Waals surface area contributed by atoms with Gasteiger partial charge in [-0.05, 0) is 60.6 Å². The van der Waals surface area contributed by atoms with E-state index in [-0.39, 0.29) is 0 Å². The quantitative estimate of drug-likeness (QED) is 0.462. The van der Waals surface area contributed by atoms with Crippen molar-refractivity contribution >= 4 is 45.6 Å².